The molecule has 1 aliphatic heterocycles. The highest BCUT2D eigenvalue weighted by molar-refractivity contribution is 6.30. The summed E-state index contributed by atoms with van der Waals surface area (Å²) in [5.41, 5.74) is 2.08. The summed E-state index contributed by atoms with van der Waals surface area (Å²) in [5, 5.41) is 7.94. The van der Waals surface area contributed by atoms with Gasteiger partial charge in [-0.1, -0.05) is 31.5 Å². The van der Waals surface area contributed by atoms with Gasteiger partial charge in [-0.2, -0.15) is 5.10 Å². The molecule has 1 aromatic heterocycles. The van der Waals surface area contributed by atoms with Crippen LogP contribution >= 0.6 is 11.6 Å². The standard InChI is InChI=1S/C24H28ClN3O4/c1-14(2)23(30)32-21-20(22(29)27-24(21)9-7-18(31-4)8-10-24)19-11-17(6-5-15(19)3)28-13-16(25)12-26-28/h5-6,11-14,18H,7-10H2,1-4H3,(H,27,29). The van der Waals surface area contributed by atoms with Gasteiger partial charge in [0.2, 0.25) is 0 Å². The maximum absolute atomic E-state index is 13.3. The highest BCUT2D eigenvalue weighted by atomic mass is 35.5. The molecule has 1 aromatic carbocycles. The van der Waals surface area contributed by atoms with Crippen molar-refractivity contribution in [2.45, 2.75) is 58.1 Å². The molecule has 1 aliphatic carbocycles. The van der Waals surface area contributed by atoms with Gasteiger partial charge >= 0.3 is 5.97 Å². The normalized spacial score (nSPS) is 23.2. The van der Waals surface area contributed by atoms with E-state index in [0.29, 0.717) is 34.8 Å². The highest BCUT2D eigenvalue weighted by Crippen LogP contribution is 2.44. The molecular weight excluding hydrogens is 430 g/mol. The number of aryl methyl sites for hydroxylation is 1. The van der Waals surface area contributed by atoms with Crippen molar-refractivity contribution >= 4 is 29.1 Å². The number of methoxy groups -OCH3 is 1. The van der Waals surface area contributed by atoms with E-state index in [2.05, 4.69) is 10.4 Å². The van der Waals surface area contributed by atoms with Gasteiger partial charge in [-0.3, -0.25) is 9.59 Å². The lowest BCUT2D eigenvalue weighted by atomic mass is 9.79. The van der Waals surface area contributed by atoms with Crippen LogP contribution in [-0.4, -0.2) is 40.4 Å². The smallest absolute Gasteiger partial charge is 0.313 e. The van der Waals surface area contributed by atoms with Crippen molar-refractivity contribution in [3.8, 4) is 5.69 Å². The quantitative estimate of drug-likeness (QED) is 0.680. The number of rotatable bonds is 5. The fourth-order valence-electron chi connectivity index (χ4n) is 4.43. The molecule has 1 spiro atoms. The highest BCUT2D eigenvalue weighted by Gasteiger charge is 2.50. The summed E-state index contributed by atoms with van der Waals surface area (Å²) < 4.78 is 13.1. The van der Waals surface area contributed by atoms with E-state index in [1.54, 1.807) is 38.0 Å². The van der Waals surface area contributed by atoms with Crippen LogP contribution in [0.1, 0.15) is 50.7 Å². The first-order valence-corrected chi connectivity index (χ1v) is 11.2. The number of benzene rings is 1. The number of esters is 1. The van der Waals surface area contributed by atoms with Gasteiger partial charge in [-0.05, 0) is 55.9 Å². The van der Waals surface area contributed by atoms with Gasteiger partial charge in [0.15, 0.2) is 0 Å². The minimum atomic E-state index is -0.705. The molecule has 170 valence electrons. The predicted octanol–water partition coefficient (Wildman–Crippen LogP) is 4.20. The molecule has 2 heterocycles. The van der Waals surface area contributed by atoms with Crippen molar-refractivity contribution in [1.82, 2.24) is 15.1 Å². The third-order valence-electron chi connectivity index (χ3n) is 6.34. The van der Waals surface area contributed by atoms with E-state index >= 15 is 0 Å². The maximum Gasteiger partial charge on any atom is 0.313 e. The summed E-state index contributed by atoms with van der Waals surface area (Å²) in [7, 11) is 1.70. The number of aromatic nitrogens is 2. The lowest BCUT2D eigenvalue weighted by Crippen LogP contribution is -2.49. The molecule has 0 saturated heterocycles. The Morgan fingerprint density at radius 2 is 2.03 bits per heavy atom. The maximum atomic E-state index is 13.3. The van der Waals surface area contributed by atoms with Gasteiger partial charge in [0, 0.05) is 13.3 Å². The van der Waals surface area contributed by atoms with E-state index in [9.17, 15) is 9.59 Å². The van der Waals surface area contributed by atoms with Crippen molar-refractivity contribution in [1.29, 1.82) is 0 Å². The summed E-state index contributed by atoms with van der Waals surface area (Å²) in [5.74, 6) is -0.471. The van der Waals surface area contributed by atoms with Gasteiger partial charge in [0.05, 0.1) is 40.0 Å². The Bertz CT molecular complexity index is 1080. The Kier molecular flexibility index (Phi) is 6.14. The molecule has 0 unspecified atom stereocenters. The molecule has 1 N–H and O–H groups in total. The van der Waals surface area contributed by atoms with Crippen LogP contribution in [0.2, 0.25) is 5.02 Å². The Labute approximate surface area is 192 Å². The lowest BCUT2D eigenvalue weighted by Gasteiger charge is -2.38. The van der Waals surface area contributed by atoms with Crippen LogP contribution in [0.4, 0.5) is 0 Å². The molecule has 4 rings (SSSR count). The Hall–Kier alpha value is -2.64. The van der Waals surface area contributed by atoms with Crippen LogP contribution < -0.4 is 5.32 Å². The largest absolute Gasteiger partial charge is 0.427 e. The van der Waals surface area contributed by atoms with Crippen molar-refractivity contribution in [3.63, 3.8) is 0 Å². The fourth-order valence-corrected chi connectivity index (χ4v) is 4.56. The second kappa shape index (κ2) is 8.71. The fraction of sp³-hybridized carbons (Fsp3) is 0.458. The predicted molar refractivity (Wildman–Crippen MR) is 121 cm³/mol. The molecule has 1 fully saturated rings. The number of nitrogens with zero attached hydrogens (tertiary/aromatic N) is 2. The summed E-state index contributed by atoms with van der Waals surface area (Å²) in [6, 6.07) is 5.72. The lowest BCUT2D eigenvalue weighted by molar-refractivity contribution is -0.144. The zero-order chi connectivity index (χ0) is 23.0. The zero-order valence-electron chi connectivity index (χ0n) is 18.8. The number of hydrogen-bond donors (Lipinski definition) is 1. The summed E-state index contributed by atoms with van der Waals surface area (Å²) in [4.78, 5) is 26.0. The average Bonchev–Trinajstić information content (AvgIpc) is 3.30. The van der Waals surface area contributed by atoms with Crippen LogP contribution in [0.15, 0.2) is 36.4 Å². The van der Waals surface area contributed by atoms with Gasteiger partial charge in [0.1, 0.15) is 5.76 Å². The molecule has 8 heteroatoms. The van der Waals surface area contributed by atoms with Crippen molar-refractivity contribution in [2.24, 2.45) is 5.92 Å². The molecule has 1 amide bonds. The third-order valence-corrected chi connectivity index (χ3v) is 6.54. The molecule has 0 atom stereocenters. The molecule has 2 aromatic rings. The van der Waals surface area contributed by atoms with E-state index in [1.807, 2.05) is 25.1 Å². The Morgan fingerprint density at radius 1 is 1.31 bits per heavy atom. The van der Waals surface area contributed by atoms with Crippen LogP contribution in [0.25, 0.3) is 11.3 Å². The third kappa shape index (κ3) is 4.07. The van der Waals surface area contributed by atoms with Crippen LogP contribution in [0.3, 0.4) is 0 Å². The average molecular weight is 458 g/mol. The van der Waals surface area contributed by atoms with Gasteiger partial charge in [0.25, 0.3) is 5.91 Å². The Morgan fingerprint density at radius 3 is 2.62 bits per heavy atom. The summed E-state index contributed by atoms with van der Waals surface area (Å²) >= 11 is 6.04. The SMILES string of the molecule is COC1CCC2(CC1)NC(=O)C(c1cc(-n3cc(Cl)cn3)ccc1C)=C2OC(=O)C(C)C. The first-order chi connectivity index (χ1) is 15.2. The minimum Gasteiger partial charge on any atom is -0.427 e. The molecule has 0 radical (unpaired) electrons. The summed E-state index contributed by atoms with van der Waals surface area (Å²) in [6.07, 6.45) is 6.24. The topological polar surface area (TPSA) is 82.4 Å². The van der Waals surface area contributed by atoms with Crippen LogP contribution in [0.5, 0.6) is 0 Å². The van der Waals surface area contributed by atoms with Crippen molar-refractivity contribution in [3.05, 3.63) is 52.5 Å². The van der Waals surface area contributed by atoms with Crippen molar-refractivity contribution in [2.75, 3.05) is 7.11 Å². The molecule has 7 nitrogen and oxygen atoms in total. The van der Waals surface area contributed by atoms with Crippen molar-refractivity contribution < 1.29 is 19.1 Å². The first-order valence-electron chi connectivity index (χ1n) is 10.9. The second-order valence-corrected chi connectivity index (χ2v) is 9.29. The molecule has 2 aliphatic rings. The number of ether oxygens (including phenoxy) is 2. The van der Waals surface area contributed by atoms with Gasteiger partial charge < -0.3 is 14.8 Å². The number of carbonyl (C=O) groups is 2. The second-order valence-electron chi connectivity index (χ2n) is 8.85. The summed E-state index contributed by atoms with van der Waals surface area (Å²) in [6.45, 7) is 5.51. The van der Waals surface area contributed by atoms with E-state index in [-0.39, 0.29) is 23.9 Å². The van der Waals surface area contributed by atoms with Gasteiger partial charge in [-0.15, -0.1) is 0 Å². The monoisotopic (exact) mass is 457 g/mol. The molecule has 1 saturated carbocycles. The Balaban J connectivity index is 1.84. The molecular formula is C24H28ClN3O4. The van der Waals surface area contributed by atoms with E-state index < -0.39 is 5.54 Å². The van der Waals surface area contributed by atoms with E-state index in [0.717, 1.165) is 24.1 Å². The first kappa shape index (κ1) is 22.6. The number of nitrogens with one attached hydrogen (secondary N) is 1. The van der Waals surface area contributed by atoms with E-state index in [4.69, 9.17) is 21.1 Å². The number of carbonyl (C=O) groups excluding carboxylic acids is 2. The number of halogens is 1. The number of hydrogen-bond acceptors (Lipinski definition) is 5. The van der Waals surface area contributed by atoms with Crippen LogP contribution in [-0.2, 0) is 19.1 Å². The minimum absolute atomic E-state index is 0.137. The molecule has 0 bridgehead atoms. The van der Waals surface area contributed by atoms with Gasteiger partial charge in [-0.25, -0.2) is 4.68 Å². The molecule has 32 heavy (non-hydrogen) atoms. The number of amides is 1. The van der Waals surface area contributed by atoms with Crippen LogP contribution in [0, 0.1) is 12.8 Å². The van der Waals surface area contributed by atoms with E-state index in [1.165, 1.54) is 0 Å². The zero-order valence-corrected chi connectivity index (χ0v) is 19.5.